The van der Waals surface area contributed by atoms with E-state index in [1.165, 1.54) is 23.7 Å². The van der Waals surface area contributed by atoms with E-state index in [9.17, 15) is 10.1 Å². The number of nitro groups is 1. The number of ether oxygens (including phenoxy) is 1. The molecule has 2 rings (SSSR count). The smallest absolute Gasteiger partial charge is 0.269 e. The zero-order valence-electron chi connectivity index (χ0n) is 10.2. The van der Waals surface area contributed by atoms with Gasteiger partial charge in [-0.15, -0.1) is 5.10 Å². The lowest BCUT2D eigenvalue weighted by molar-refractivity contribution is -0.384. The minimum Gasteiger partial charge on any atom is -0.487 e. The van der Waals surface area contributed by atoms with Gasteiger partial charge in [-0.3, -0.25) is 10.1 Å². The summed E-state index contributed by atoms with van der Waals surface area (Å²) in [7, 11) is 0. The van der Waals surface area contributed by atoms with Crippen molar-refractivity contribution in [3.8, 4) is 5.75 Å². The molecule has 0 aliphatic rings. The summed E-state index contributed by atoms with van der Waals surface area (Å²) in [6, 6.07) is 5.93. The zero-order chi connectivity index (χ0) is 13.7. The number of rotatable bonds is 6. The molecular formula is C11H12N4O3S. The van der Waals surface area contributed by atoms with Crippen molar-refractivity contribution in [3.05, 3.63) is 40.1 Å². The van der Waals surface area contributed by atoms with E-state index in [1.807, 2.05) is 6.92 Å². The van der Waals surface area contributed by atoms with Crippen LogP contribution in [0.15, 0.2) is 24.3 Å². The lowest BCUT2D eigenvalue weighted by atomic mass is 10.3. The molecular weight excluding hydrogens is 268 g/mol. The Labute approximate surface area is 113 Å². The molecule has 0 aliphatic heterocycles. The molecule has 100 valence electrons. The number of hydrogen-bond donors (Lipinski definition) is 1. The van der Waals surface area contributed by atoms with Gasteiger partial charge >= 0.3 is 0 Å². The summed E-state index contributed by atoms with van der Waals surface area (Å²) in [5, 5.41) is 18.5. The van der Waals surface area contributed by atoms with Crippen LogP contribution in [0.25, 0.3) is 0 Å². The highest BCUT2D eigenvalue weighted by atomic mass is 32.1. The van der Waals surface area contributed by atoms with Crippen molar-refractivity contribution in [1.29, 1.82) is 0 Å². The van der Waals surface area contributed by atoms with Gasteiger partial charge in [0.25, 0.3) is 5.69 Å². The van der Waals surface area contributed by atoms with E-state index < -0.39 is 4.92 Å². The third-order valence-corrected chi connectivity index (χ3v) is 3.04. The second-order valence-electron chi connectivity index (χ2n) is 3.62. The van der Waals surface area contributed by atoms with Gasteiger partial charge in [-0.25, -0.2) is 0 Å². The molecule has 0 aliphatic carbocycles. The van der Waals surface area contributed by atoms with Gasteiger partial charge in [0.1, 0.15) is 23.1 Å². The number of benzene rings is 1. The van der Waals surface area contributed by atoms with E-state index in [0.29, 0.717) is 5.75 Å². The van der Waals surface area contributed by atoms with Gasteiger partial charge in [0.05, 0.1) is 4.92 Å². The maximum absolute atomic E-state index is 10.5. The SMILES string of the molecule is CCNc1snnc1COc1ccc([N+](=O)[O-])cc1. The zero-order valence-corrected chi connectivity index (χ0v) is 11.0. The Hall–Kier alpha value is -2.22. The molecule has 0 atom stereocenters. The number of nitro benzene ring substituents is 1. The highest BCUT2D eigenvalue weighted by Gasteiger charge is 2.09. The highest BCUT2D eigenvalue weighted by molar-refractivity contribution is 7.10. The molecule has 0 amide bonds. The molecule has 0 unspecified atom stereocenters. The van der Waals surface area contributed by atoms with E-state index in [2.05, 4.69) is 14.9 Å². The molecule has 0 bridgehead atoms. The topological polar surface area (TPSA) is 90.2 Å². The summed E-state index contributed by atoms with van der Waals surface area (Å²) >= 11 is 1.27. The molecule has 0 saturated heterocycles. The summed E-state index contributed by atoms with van der Waals surface area (Å²) in [6.45, 7) is 3.05. The van der Waals surface area contributed by atoms with Gasteiger partial charge in [-0.2, -0.15) is 0 Å². The normalized spacial score (nSPS) is 10.2. The van der Waals surface area contributed by atoms with E-state index in [0.717, 1.165) is 17.2 Å². The molecule has 2 aromatic rings. The number of aromatic nitrogens is 2. The Morgan fingerprint density at radius 1 is 1.42 bits per heavy atom. The van der Waals surface area contributed by atoms with Crippen molar-refractivity contribution < 1.29 is 9.66 Å². The van der Waals surface area contributed by atoms with Crippen molar-refractivity contribution in [2.75, 3.05) is 11.9 Å². The van der Waals surface area contributed by atoms with Crippen LogP contribution < -0.4 is 10.1 Å². The molecule has 1 N–H and O–H groups in total. The molecule has 0 radical (unpaired) electrons. The predicted molar refractivity (Wildman–Crippen MR) is 71.5 cm³/mol. The van der Waals surface area contributed by atoms with Crippen LogP contribution in [0.3, 0.4) is 0 Å². The Balaban J connectivity index is 1.98. The van der Waals surface area contributed by atoms with E-state index in [4.69, 9.17) is 4.74 Å². The van der Waals surface area contributed by atoms with Crippen molar-refractivity contribution in [2.24, 2.45) is 0 Å². The average molecular weight is 280 g/mol. The number of nitrogens with zero attached hydrogens (tertiary/aromatic N) is 3. The number of anilines is 1. The average Bonchev–Trinajstić information content (AvgIpc) is 2.85. The minimum atomic E-state index is -0.447. The van der Waals surface area contributed by atoms with E-state index in [-0.39, 0.29) is 12.3 Å². The largest absolute Gasteiger partial charge is 0.487 e. The summed E-state index contributed by atoms with van der Waals surface area (Å²) in [4.78, 5) is 10.1. The number of non-ortho nitro benzene ring substituents is 1. The predicted octanol–water partition coefficient (Wildman–Crippen LogP) is 2.46. The van der Waals surface area contributed by atoms with Gasteiger partial charge in [-0.05, 0) is 19.1 Å². The van der Waals surface area contributed by atoms with Crippen LogP contribution in [0.2, 0.25) is 0 Å². The van der Waals surface area contributed by atoms with Gasteiger partial charge in [0.2, 0.25) is 0 Å². The summed E-state index contributed by atoms with van der Waals surface area (Å²) < 4.78 is 9.36. The highest BCUT2D eigenvalue weighted by Crippen LogP contribution is 2.21. The van der Waals surface area contributed by atoms with E-state index in [1.54, 1.807) is 12.1 Å². The first-order chi connectivity index (χ1) is 9.20. The van der Waals surface area contributed by atoms with Crippen molar-refractivity contribution in [3.63, 3.8) is 0 Å². The molecule has 1 aromatic carbocycles. The Kier molecular flexibility index (Phi) is 4.24. The molecule has 1 heterocycles. The lowest BCUT2D eigenvalue weighted by Crippen LogP contribution is -2.02. The first-order valence-electron chi connectivity index (χ1n) is 5.63. The van der Waals surface area contributed by atoms with Crippen LogP contribution >= 0.6 is 11.5 Å². The molecule has 1 aromatic heterocycles. The van der Waals surface area contributed by atoms with Crippen LogP contribution in [-0.4, -0.2) is 21.1 Å². The fourth-order valence-corrected chi connectivity index (χ4v) is 2.05. The van der Waals surface area contributed by atoms with Crippen LogP contribution in [0, 0.1) is 10.1 Å². The summed E-state index contributed by atoms with van der Waals surface area (Å²) in [5.74, 6) is 0.557. The Morgan fingerprint density at radius 3 is 2.79 bits per heavy atom. The van der Waals surface area contributed by atoms with Crippen molar-refractivity contribution in [2.45, 2.75) is 13.5 Å². The van der Waals surface area contributed by atoms with Gasteiger partial charge in [-0.1, -0.05) is 4.49 Å². The fraction of sp³-hybridized carbons (Fsp3) is 0.273. The Bertz CT molecular complexity index is 555. The molecule has 19 heavy (non-hydrogen) atoms. The quantitative estimate of drug-likeness (QED) is 0.645. The molecule has 0 saturated carbocycles. The van der Waals surface area contributed by atoms with Crippen molar-refractivity contribution in [1.82, 2.24) is 9.59 Å². The minimum absolute atomic E-state index is 0.0380. The van der Waals surface area contributed by atoms with Crippen molar-refractivity contribution >= 4 is 22.2 Å². The third-order valence-electron chi connectivity index (χ3n) is 2.32. The first-order valence-corrected chi connectivity index (χ1v) is 6.40. The lowest BCUT2D eigenvalue weighted by Gasteiger charge is -2.05. The van der Waals surface area contributed by atoms with Crippen LogP contribution in [0.1, 0.15) is 12.6 Å². The monoisotopic (exact) mass is 280 g/mol. The maximum Gasteiger partial charge on any atom is 0.269 e. The first kappa shape index (κ1) is 13.2. The summed E-state index contributed by atoms with van der Waals surface area (Å²) in [5.41, 5.74) is 0.765. The Morgan fingerprint density at radius 2 is 2.16 bits per heavy atom. The molecule has 0 spiro atoms. The standard InChI is InChI=1S/C11H12N4O3S/c1-2-12-11-10(13-14-19-11)7-18-9-5-3-8(4-6-9)15(16)17/h3-6,12H,2,7H2,1H3. The van der Waals surface area contributed by atoms with Gasteiger partial charge in [0.15, 0.2) is 0 Å². The number of nitrogens with one attached hydrogen (secondary N) is 1. The fourth-order valence-electron chi connectivity index (χ4n) is 1.41. The summed E-state index contributed by atoms with van der Waals surface area (Å²) in [6.07, 6.45) is 0. The van der Waals surface area contributed by atoms with Crippen LogP contribution in [-0.2, 0) is 6.61 Å². The second-order valence-corrected chi connectivity index (χ2v) is 4.37. The maximum atomic E-state index is 10.5. The number of hydrogen-bond acceptors (Lipinski definition) is 7. The molecule has 0 fully saturated rings. The van der Waals surface area contributed by atoms with Crippen LogP contribution in [0.5, 0.6) is 5.75 Å². The molecule has 8 heteroatoms. The van der Waals surface area contributed by atoms with Gasteiger partial charge < -0.3 is 10.1 Å². The molecule has 7 nitrogen and oxygen atoms in total. The third kappa shape index (κ3) is 3.38. The second kappa shape index (κ2) is 6.10. The van der Waals surface area contributed by atoms with Crippen LogP contribution in [0.4, 0.5) is 10.7 Å². The van der Waals surface area contributed by atoms with E-state index >= 15 is 0 Å². The van der Waals surface area contributed by atoms with Gasteiger partial charge in [0, 0.05) is 30.2 Å².